The molecule has 1 aromatic rings. The Labute approximate surface area is 60.8 Å². The number of hydrogen-bond donors (Lipinski definition) is 2. The van der Waals surface area contributed by atoms with E-state index in [0.717, 1.165) is 6.20 Å². The summed E-state index contributed by atoms with van der Waals surface area (Å²) in [5, 5.41) is 14.0. The minimum absolute atomic E-state index is 0.125. The first-order valence-electron chi connectivity index (χ1n) is 2.62. The fourth-order valence-corrected chi connectivity index (χ4v) is 0.565. The van der Waals surface area contributed by atoms with Crippen molar-refractivity contribution in [3.63, 3.8) is 0 Å². The summed E-state index contributed by atoms with van der Waals surface area (Å²) in [5.41, 5.74) is -0.169. The van der Waals surface area contributed by atoms with Crippen molar-refractivity contribution in [3.8, 4) is 5.88 Å². The number of nitrogens with zero attached hydrogens (tertiary/aromatic N) is 1. The van der Waals surface area contributed by atoms with Crippen LogP contribution in [0.15, 0.2) is 6.20 Å². The zero-order valence-corrected chi connectivity index (χ0v) is 5.27. The quantitative estimate of drug-likeness (QED) is 0.583. The van der Waals surface area contributed by atoms with Crippen LogP contribution in [0.2, 0.25) is 0 Å². The molecule has 1 heterocycles. The second kappa shape index (κ2) is 2.82. The van der Waals surface area contributed by atoms with Gasteiger partial charge < -0.3 is 9.84 Å². The average molecular weight is 156 g/mol. The second-order valence-electron chi connectivity index (χ2n) is 1.63. The van der Waals surface area contributed by atoms with E-state index in [0.29, 0.717) is 0 Å². The van der Waals surface area contributed by atoms with Gasteiger partial charge in [0.2, 0.25) is 5.88 Å². The monoisotopic (exact) mass is 156 g/mol. The summed E-state index contributed by atoms with van der Waals surface area (Å²) in [6.45, 7) is 0.125. The molecular formula is C5H4N2O4. The topological polar surface area (TPSA) is 92.3 Å². The normalized spacial score (nSPS) is 9.09. The minimum Gasteiger partial charge on any atom is -0.477 e. The number of carboxylic acids is 1. The predicted molar refractivity (Wildman–Crippen MR) is 32.2 cm³/mol. The van der Waals surface area contributed by atoms with E-state index in [4.69, 9.17) is 5.11 Å². The van der Waals surface area contributed by atoms with Gasteiger partial charge in [0.25, 0.3) is 6.47 Å². The van der Waals surface area contributed by atoms with E-state index in [1.807, 2.05) is 0 Å². The summed E-state index contributed by atoms with van der Waals surface area (Å²) in [6.07, 6.45) is 1.06. The lowest BCUT2D eigenvalue weighted by Crippen LogP contribution is -1.99. The number of carbonyl (C=O) groups excluding carboxylic acids is 1. The highest BCUT2D eigenvalue weighted by Crippen LogP contribution is 2.11. The van der Waals surface area contributed by atoms with Gasteiger partial charge in [-0.15, -0.1) is 0 Å². The summed E-state index contributed by atoms with van der Waals surface area (Å²) in [6, 6.07) is 0. The molecule has 0 saturated carbocycles. The van der Waals surface area contributed by atoms with Crippen molar-refractivity contribution in [2.45, 2.75) is 0 Å². The van der Waals surface area contributed by atoms with Crippen LogP contribution in [0.5, 0.6) is 5.88 Å². The lowest BCUT2D eigenvalue weighted by Gasteiger charge is -1.91. The largest absolute Gasteiger partial charge is 0.477 e. The zero-order valence-electron chi connectivity index (χ0n) is 5.27. The van der Waals surface area contributed by atoms with E-state index in [9.17, 15) is 9.59 Å². The van der Waals surface area contributed by atoms with Gasteiger partial charge >= 0.3 is 5.97 Å². The molecule has 58 valence electrons. The Hall–Kier alpha value is -1.85. The smallest absolute Gasteiger partial charge is 0.342 e. The molecule has 0 atom stereocenters. The van der Waals surface area contributed by atoms with E-state index in [1.54, 1.807) is 0 Å². The van der Waals surface area contributed by atoms with Crippen LogP contribution in [-0.2, 0) is 4.79 Å². The Morgan fingerprint density at radius 1 is 1.82 bits per heavy atom. The average Bonchev–Trinajstić information content (AvgIpc) is 2.36. The molecule has 0 saturated heterocycles. The molecule has 0 fully saturated rings. The van der Waals surface area contributed by atoms with Crippen LogP contribution in [0.25, 0.3) is 0 Å². The maximum Gasteiger partial charge on any atom is 0.342 e. The van der Waals surface area contributed by atoms with Crippen LogP contribution >= 0.6 is 0 Å². The van der Waals surface area contributed by atoms with Crippen LogP contribution in [0.3, 0.4) is 0 Å². The lowest BCUT2D eigenvalue weighted by molar-refractivity contribution is -0.120. The molecule has 0 spiro atoms. The summed E-state index contributed by atoms with van der Waals surface area (Å²) in [5.74, 6) is -1.36. The number of nitrogens with one attached hydrogen (secondary N) is 1. The van der Waals surface area contributed by atoms with E-state index in [1.165, 1.54) is 0 Å². The van der Waals surface area contributed by atoms with Crippen LogP contribution in [0.4, 0.5) is 0 Å². The van der Waals surface area contributed by atoms with Crippen molar-refractivity contribution in [2.24, 2.45) is 0 Å². The molecule has 1 rings (SSSR count). The Bertz CT molecular complexity index is 280. The molecule has 0 amide bonds. The Morgan fingerprint density at radius 3 is 3.09 bits per heavy atom. The number of carbonyl (C=O) groups is 2. The molecule has 0 aromatic carbocycles. The first-order chi connectivity index (χ1) is 5.25. The number of aromatic amines is 1. The molecular weight excluding hydrogens is 152 g/mol. The molecule has 0 bridgehead atoms. The molecule has 1 aromatic heterocycles. The number of H-pyrrole nitrogens is 1. The molecule has 0 aliphatic rings. The highest BCUT2D eigenvalue weighted by Gasteiger charge is 2.12. The second-order valence-corrected chi connectivity index (χ2v) is 1.63. The molecule has 0 aliphatic carbocycles. The van der Waals surface area contributed by atoms with E-state index in [-0.39, 0.29) is 17.9 Å². The molecule has 0 unspecified atom stereocenters. The van der Waals surface area contributed by atoms with Gasteiger partial charge in [-0.25, -0.2) is 9.89 Å². The van der Waals surface area contributed by atoms with Gasteiger partial charge in [0.1, 0.15) is 5.56 Å². The van der Waals surface area contributed by atoms with E-state index in [2.05, 4.69) is 14.9 Å². The van der Waals surface area contributed by atoms with Gasteiger partial charge in [0.15, 0.2) is 0 Å². The number of carboxylic acid groups (broad SMARTS) is 1. The Kier molecular flexibility index (Phi) is 1.86. The van der Waals surface area contributed by atoms with Gasteiger partial charge in [-0.2, -0.15) is 5.10 Å². The van der Waals surface area contributed by atoms with Crippen LogP contribution in [0, 0.1) is 0 Å². The van der Waals surface area contributed by atoms with Crippen LogP contribution in [-0.4, -0.2) is 27.7 Å². The third-order valence-corrected chi connectivity index (χ3v) is 1.00. The summed E-state index contributed by atoms with van der Waals surface area (Å²) in [4.78, 5) is 20.1. The molecule has 11 heavy (non-hydrogen) atoms. The number of aromatic carboxylic acids is 1. The zero-order chi connectivity index (χ0) is 8.27. The van der Waals surface area contributed by atoms with Crippen LogP contribution < -0.4 is 4.74 Å². The maximum absolute atomic E-state index is 10.3. The third-order valence-electron chi connectivity index (χ3n) is 1.00. The van der Waals surface area contributed by atoms with Crippen molar-refractivity contribution in [2.75, 3.05) is 0 Å². The van der Waals surface area contributed by atoms with E-state index < -0.39 is 5.97 Å². The van der Waals surface area contributed by atoms with Gasteiger partial charge in [-0.1, -0.05) is 0 Å². The SMILES string of the molecule is O=COc1[nH]ncc1C(=O)O. The van der Waals surface area contributed by atoms with Gasteiger partial charge in [-0.05, 0) is 0 Å². The standard InChI is InChI=1S/C5H4N2O4/c8-2-11-4-3(5(9)10)1-6-7-4/h1-2H,(H,6,7)(H,9,10). The summed E-state index contributed by atoms with van der Waals surface area (Å²) in [7, 11) is 0. The number of rotatable bonds is 3. The van der Waals surface area contributed by atoms with Gasteiger partial charge in [0, 0.05) is 0 Å². The Morgan fingerprint density at radius 2 is 2.55 bits per heavy atom. The highest BCUT2D eigenvalue weighted by atomic mass is 16.5. The van der Waals surface area contributed by atoms with Gasteiger partial charge in [0.05, 0.1) is 6.20 Å². The minimum atomic E-state index is -1.20. The third kappa shape index (κ3) is 1.34. The highest BCUT2D eigenvalue weighted by molar-refractivity contribution is 5.90. The first kappa shape index (κ1) is 7.26. The summed E-state index contributed by atoms with van der Waals surface area (Å²) < 4.78 is 4.26. The first-order valence-corrected chi connectivity index (χ1v) is 2.62. The predicted octanol–water partition coefficient (Wildman–Crippen LogP) is -0.357. The van der Waals surface area contributed by atoms with E-state index >= 15 is 0 Å². The maximum atomic E-state index is 10.3. The fourth-order valence-electron chi connectivity index (χ4n) is 0.565. The van der Waals surface area contributed by atoms with Crippen molar-refractivity contribution < 1.29 is 19.4 Å². The van der Waals surface area contributed by atoms with Crippen molar-refractivity contribution in [3.05, 3.63) is 11.8 Å². The van der Waals surface area contributed by atoms with Crippen LogP contribution in [0.1, 0.15) is 10.4 Å². The number of aromatic nitrogens is 2. The van der Waals surface area contributed by atoms with Crippen molar-refractivity contribution in [1.82, 2.24) is 10.2 Å². The number of hydrogen-bond acceptors (Lipinski definition) is 4. The molecule has 0 radical (unpaired) electrons. The van der Waals surface area contributed by atoms with Crippen molar-refractivity contribution >= 4 is 12.4 Å². The molecule has 6 heteroatoms. The van der Waals surface area contributed by atoms with Gasteiger partial charge in [-0.3, -0.25) is 4.79 Å². The molecule has 0 aliphatic heterocycles. The summed E-state index contributed by atoms with van der Waals surface area (Å²) >= 11 is 0. The molecule has 2 N–H and O–H groups in total. The fraction of sp³-hybridized carbons (Fsp3) is 0. The lowest BCUT2D eigenvalue weighted by atomic mass is 10.3. The Balaban J connectivity index is 2.95. The molecule has 6 nitrogen and oxygen atoms in total. The van der Waals surface area contributed by atoms with Crippen molar-refractivity contribution in [1.29, 1.82) is 0 Å². The number of ether oxygens (including phenoxy) is 1.